The molecule has 32 heavy (non-hydrogen) atoms. The van der Waals surface area contributed by atoms with E-state index in [2.05, 4.69) is 39.0 Å². The van der Waals surface area contributed by atoms with Gasteiger partial charge in [-0.15, -0.1) is 0 Å². The number of amides is 1. The minimum absolute atomic E-state index is 0.0188. The molecule has 2 atom stereocenters. The third kappa shape index (κ3) is 4.01. The Labute approximate surface area is 188 Å². The fraction of sp³-hybridized carbons (Fsp3) is 0.565. The quantitative estimate of drug-likeness (QED) is 0.706. The summed E-state index contributed by atoms with van der Waals surface area (Å²) in [4.78, 5) is 35.0. The number of aliphatic imine (C=N–C) groups is 1. The highest BCUT2D eigenvalue weighted by molar-refractivity contribution is 5.78. The molecule has 0 bridgehead atoms. The average Bonchev–Trinajstić information content (AvgIpc) is 3.32. The predicted molar refractivity (Wildman–Crippen MR) is 118 cm³/mol. The Hall–Kier alpha value is -2.80. The van der Waals surface area contributed by atoms with E-state index >= 15 is 0 Å². The Morgan fingerprint density at radius 1 is 1.22 bits per heavy atom. The molecule has 1 aromatic rings. The van der Waals surface area contributed by atoms with Crippen molar-refractivity contribution in [2.24, 2.45) is 10.9 Å². The topological polar surface area (TPSA) is 88.3 Å². The van der Waals surface area contributed by atoms with Crippen molar-refractivity contribution in [1.82, 2.24) is 24.7 Å². The van der Waals surface area contributed by atoms with Gasteiger partial charge in [0, 0.05) is 63.3 Å². The number of pyridine rings is 1. The number of nitriles is 1. The van der Waals surface area contributed by atoms with Gasteiger partial charge in [0.05, 0.1) is 24.3 Å². The van der Waals surface area contributed by atoms with Crippen LogP contribution >= 0.6 is 0 Å². The number of piperidine rings is 1. The monoisotopic (exact) mass is 435 g/mol. The maximum Gasteiger partial charge on any atom is 0.249 e. The van der Waals surface area contributed by atoms with E-state index in [1.165, 1.54) is 11.3 Å². The summed E-state index contributed by atoms with van der Waals surface area (Å²) in [7, 11) is 2.14. The number of aromatic nitrogens is 1. The minimum Gasteiger partial charge on any atom is -0.338 e. The lowest BCUT2D eigenvalue weighted by Crippen LogP contribution is -2.62. The van der Waals surface area contributed by atoms with Crippen molar-refractivity contribution >= 4 is 12.1 Å². The summed E-state index contributed by atoms with van der Waals surface area (Å²) in [6.45, 7) is 4.27. The van der Waals surface area contributed by atoms with Gasteiger partial charge in [0.1, 0.15) is 6.07 Å². The van der Waals surface area contributed by atoms with Crippen LogP contribution in [0.2, 0.25) is 0 Å². The fourth-order valence-electron chi connectivity index (χ4n) is 5.11. The van der Waals surface area contributed by atoms with Gasteiger partial charge in [0.2, 0.25) is 5.91 Å². The summed E-state index contributed by atoms with van der Waals surface area (Å²) in [6.07, 6.45) is 11.6. The summed E-state index contributed by atoms with van der Waals surface area (Å²) >= 11 is 0. The molecular weight excluding hydrogens is 406 g/mol. The van der Waals surface area contributed by atoms with Gasteiger partial charge < -0.3 is 9.80 Å². The molecule has 168 valence electrons. The minimum atomic E-state index is -0.180. The molecule has 9 nitrogen and oxygen atoms in total. The van der Waals surface area contributed by atoms with Gasteiger partial charge in [-0.3, -0.25) is 24.5 Å². The van der Waals surface area contributed by atoms with E-state index in [4.69, 9.17) is 9.83 Å². The largest absolute Gasteiger partial charge is 0.338 e. The number of allylic oxidation sites excluding steroid dienone is 1. The second-order valence-corrected chi connectivity index (χ2v) is 9.04. The molecule has 0 radical (unpaired) electrons. The second-order valence-electron chi connectivity index (χ2n) is 9.04. The maximum absolute atomic E-state index is 13.3. The number of hydrogen-bond acceptors (Lipinski definition) is 8. The first-order valence-corrected chi connectivity index (χ1v) is 11.3. The van der Waals surface area contributed by atoms with Crippen LogP contribution in [0.25, 0.3) is 0 Å². The molecule has 1 unspecified atom stereocenters. The van der Waals surface area contributed by atoms with Crippen molar-refractivity contribution < 1.29 is 9.63 Å². The molecule has 0 saturated carbocycles. The normalized spacial score (nSPS) is 27.5. The van der Waals surface area contributed by atoms with E-state index in [1.807, 2.05) is 12.3 Å². The number of hydroxylamine groups is 2. The summed E-state index contributed by atoms with van der Waals surface area (Å²) < 4.78 is 0. The first kappa shape index (κ1) is 21.1. The van der Waals surface area contributed by atoms with E-state index in [9.17, 15) is 10.1 Å². The highest BCUT2D eigenvalue weighted by atomic mass is 16.7. The van der Waals surface area contributed by atoms with Gasteiger partial charge in [0.15, 0.2) is 6.29 Å². The van der Waals surface area contributed by atoms with Gasteiger partial charge >= 0.3 is 0 Å². The number of hydrogen-bond donors (Lipinski definition) is 0. The molecule has 0 aliphatic carbocycles. The summed E-state index contributed by atoms with van der Waals surface area (Å²) in [6, 6.07) is 4.24. The van der Waals surface area contributed by atoms with E-state index in [0.717, 1.165) is 51.0 Å². The van der Waals surface area contributed by atoms with Crippen molar-refractivity contribution in [3.05, 3.63) is 41.9 Å². The van der Waals surface area contributed by atoms with Crippen LogP contribution < -0.4 is 0 Å². The van der Waals surface area contributed by atoms with Crippen LogP contribution in [0.4, 0.5) is 0 Å². The van der Waals surface area contributed by atoms with Crippen molar-refractivity contribution in [3.63, 3.8) is 0 Å². The van der Waals surface area contributed by atoms with Gasteiger partial charge in [-0.1, -0.05) is 0 Å². The highest BCUT2D eigenvalue weighted by Crippen LogP contribution is 2.34. The lowest BCUT2D eigenvalue weighted by Gasteiger charge is -2.49. The van der Waals surface area contributed by atoms with Crippen LogP contribution in [0.15, 0.2) is 35.7 Å². The SMILES string of the molecule is CN1CC(N2C=CC=NC2N2CCC(C(=O)N3OCC[C@H]3c3cncc(C#N)c3)CC2)C1. The maximum atomic E-state index is 13.3. The van der Waals surface area contributed by atoms with E-state index in [-0.39, 0.29) is 24.2 Å². The van der Waals surface area contributed by atoms with Gasteiger partial charge in [-0.25, -0.2) is 5.06 Å². The van der Waals surface area contributed by atoms with Crippen LogP contribution in [0.1, 0.15) is 36.4 Å². The molecule has 1 amide bonds. The number of likely N-dealkylation sites (N-methyl/N-ethyl adjacent to an activating group) is 1. The zero-order valence-corrected chi connectivity index (χ0v) is 18.4. The third-order valence-electron chi connectivity index (χ3n) is 6.90. The Kier molecular flexibility index (Phi) is 5.91. The zero-order chi connectivity index (χ0) is 22.1. The summed E-state index contributed by atoms with van der Waals surface area (Å²) in [5, 5.41) is 10.7. The number of carbonyl (C=O) groups excluding carboxylic acids is 1. The van der Waals surface area contributed by atoms with Crippen molar-refractivity contribution in [1.29, 1.82) is 5.26 Å². The lowest BCUT2D eigenvalue weighted by atomic mass is 9.94. The van der Waals surface area contributed by atoms with Crippen LogP contribution in [-0.4, -0.2) is 89.0 Å². The Morgan fingerprint density at radius 3 is 2.78 bits per heavy atom. The highest BCUT2D eigenvalue weighted by Gasteiger charge is 2.40. The van der Waals surface area contributed by atoms with Gasteiger partial charge in [-0.05, 0) is 37.6 Å². The smallest absolute Gasteiger partial charge is 0.249 e. The molecule has 1 aromatic heterocycles. The molecule has 3 fully saturated rings. The van der Waals surface area contributed by atoms with Crippen LogP contribution in [0.3, 0.4) is 0 Å². The van der Waals surface area contributed by atoms with Gasteiger partial charge in [0.25, 0.3) is 0 Å². The predicted octanol–water partition coefficient (Wildman–Crippen LogP) is 1.37. The summed E-state index contributed by atoms with van der Waals surface area (Å²) in [5.41, 5.74) is 1.36. The molecule has 0 N–H and O–H groups in total. The van der Waals surface area contributed by atoms with Crippen molar-refractivity contribution in [2.75, 3.05) is 39.8 Å². The van der Waals surface area contributed by atoms with E-state index < -0.39 is 0 Å². The first-order valence-electron chi connectivity index (χ1n) is 11.3. The second kappa shape index (κ2) is 8.98. The van der Waals surface area contributed by atoms with Crippen LogP contribution in [0.5, 0.6) is 0 Å². The Balaban J connectivity index is 1.21. The molecule has 4 aliphatic rings. The third-order valence-corrected chi connectivity index (χ3v) is 6.90. The van der Waals surface area contributed by atoms with Crippen LogP contribution in [-0.2, 0) is 9.63 Å². The molecule has 0 aromatic carbocycles. The molecule has 9 heteroatoms. The molecule has 3 saturated heterocycles. The summed E-state index contributed by atoms with van der Waals surface area (Å²) in [5.74, 6) is -0.0237. The first-order chi connectivity index (χ1) is 15.6. The van der Waals surface area contributed by atoms with Crippen LogP contribution in [0, 0.1) is 17.2 Å². The molecule has 5 rings (SSSR count). The number of carbonyl (C=O) groups is 1. The average molecular weight is 436 g/mol. The number of rotatable bonds is 4. The Morgan fingerprint density at radius 2 is 2.03 bits per heavy atom. The van der Waals surface area contributed by atoms with E-state index in [0.29, 0.717) is 18.2 Å². The molecule has 5 heterocycles. The number of nitrogens with zero attached hydrogens (tertiary/aromatic N) is 7. The standard InChI is InChI=1S/C23H29N7O2/c1-27-15-20(16-27)29-7-2-6-26-23(29)28-8-3-18(4-9-28)22(31)30-21(5-10-32-30)19-11-17(12-24)13-25-14-19/h2,6-7,11,13-14,18,20-21,23H,3-5,8-10,15-16H2,1H3/t21-,23?/m0/s1. The number of likely N-dealkylation sites (tertiary alicyclic amines) is 2. The van der Waals surface area contributed by atoms with E-state index in [1.54, 1.807) is 12.3 Å². The fourth-order valence-corrected chi connectivity index (χ4v) is 5.11. The van der Waals surface area contributed by atoms with Crippen molar-refractivity contribution in [3.8, 4) is 6.07 Å². The Bertz CT molecular complexity index is 944. The molecular formula is C23H29N7O2. The van der Waals surface area contributed by atoms with Gasteiger partial charge in [-0.2, -0.15) is 5.26 Å². The van der Waals surface area contributed by atoms with Crippen molar-refractivity contribution in [2.45, 2.75) is 37.6 Å². The molecule has 0 spiro atoms. The molecule has 4 aliphatic heterocycles. The lowest BCUT2D eigenvalue weighted by molar-refractivity contribution is -0.183. The zero-order valence-electron chi connectivity index (χ0n) is 18.4.